The van der Waals surface area contributed by atoms with Gasteiger partial charge in [0.2, 0.25) is 0 Å². The van der Waals surface area contributed by atoms with Gasteiger partial charge in [0.1, 0.15) is 0 Å². The topological polar surface area (TPSA) is 48.1 Å². The molecule has 156 valence electrons. The Morgan fingerprint density at radius 3 is 2.48 bits per heavy atom. The molecule has 1 saturated heterocycles. The largest absolute Gasteiger partial charge is 0.361 e. The molecule has 0 unspecified atom stereocenters. The Morgan fingerprint density at radius 2 is 1.68 bits per heavy atom. The number of H-pyrrole nitrogens is 1. The number of likely N-dealkylation sites (tertiary alicyclic amines) is 1. The second-order valence-corrected chi connectivity index (χ2v) is 8.45. The predicted octanol–water partition coefficient (Wildman–Crippen LogP) is 6.90. The van der Waals surface area contributed by atoms with Crippen molar-refractivity contribution in [2.45, 2.75) is 18.8 Å². The zero-order chi connectivity index (χ0) is 21.2. The van der Waals surface area contributed by atoms with E-state index < -0.39 is 0 Å². The average molecular weight is 430 g/mol. The molecule has 2 amide bonds. The van der Waals surface area contributed by atoms with Crippen LogP contribution in [0.2, 0.25) is 5.02 Å². The van der Waals surface area contributed by atoms with Crippen LogP contribution >= 0.6 is 11.6 Å². The molecule has 3 aromatic carbocycles. The number of carbonyl (C=O) groups is 1. The van der Waals surface area contributed by atoms with E-state index in [2.05, 4.69) is 34.7 Å². The van der Waals surface area contributed by atoms with E-state index in [4.69, 9.17) is 11.6 Å². The number of piperidine rings is 1. The lowest BCUT2D eigenvalue weighted by Gasteiger charge is -2.32. The van der Waals surface area contributed by atoms with Crippen LogP contribution in [-0.2, 0) is 0 Å². The Bertz CT molecular complexity index is 1210. The molecular formula is C26H24ClN3O. The molecule has 1 aliphatic heterocycles. The van der Waals surface area contributed by atoms with Crippen molar-refractivity contribution in [2.75, 3.05) is 18.4 Å². The van der Waals surface area contributed by atoms with Crippen molar-refractivity contribution >= 4 is 34.2 Å². The number of amides is 2. The molecule has 4 aromatic rings. The van der Waals surface area contributed by atoms with E-state index in [9.17, 15) is 4.79 Å². The molecule has 2 heterocycles. The summed E-state index contributed by atoms with van der Waals surface area (Å²) in [4.78, 5) is 18.2. The van der Waals surface area contributed by atoms with Crippen molar-refractivity contribution in [3.05, 3.63) is 89.6 Å². The molecule has 1 aromatic heterocycles. The van der Waals surface area contributed by atoms with E-state index >= 15 is 0 Å². The first kappa shape index (κ1) is 19.7. The van der Waals surface area contributed by atoms with Crippen LogP contribution in [0.5, 0.6) is 0 Å². The SMILES string of the molecule is O=C(Nc1cc(-c2ccccc2)ccc1Cl)N1CCC(c2c[nH]c3ccccc23)CC1. The summed E-state index contributed by atoms with van der Waals surface area (Å²) in [6.07, 6.45) is 4.03. The highest BCUT2D eigenvalue weighted by Crippen LogP contribution is 2.34. The quantitative estimate of drug-likeness (QED) is 0.365. The zero-order valence-electron chi connectivity index (χ0n) is 17.1. The Labute approximate surface area is 186 Å². The smallest absolute Gasteiger partial charge is 0.321 e. The van der Waals surface area contributed by atoms with Crippen molar-refractivity contribution in [3.8, 4) is 11.1 Å². The van der Waals surface area contributed by atoms with E-state index in [1.54, 1.807) is 0 Å². The molecule has 0 bridgehead atoms. The molecule has 4 nitrogen and oxygen atoms in total. The van der Waals surface area contributed by atoms with Gasteiger partial charge in [-0.3, -0.25) is 0 Å². The molecular weight excluding hydrogens is 406 g/mol. The molecule has 1 aliphatic rings. The Balaban J connectivity index is 1.26. The second-order valence-electron chi connectivity index (χ2n) is 8.04. The number of fused-ring (bicyclic) bond motifs is 1. The number of nitrogens with one attached hydrogen (secondary N) is 2. The average Bonchev–Trinajstić information content (AvgIpc) is 3.25. The molecule has 0 saturated carbocycles. The summed E-state index contributed by atoms with van der Waals surface area (Å²) in [5, 5.41) is 4.85. The van der Waals surface area contributed by atoms with Crippen LogP contribution in [-0.4, -0.2) is 29.0 Å². The summed E-state index contributed by atoms with van der Waals surface area (Å²) >= 11 is 6.38. The Kier molecular flexibility index (Phi) is 5.39. The Hall–Kier alpha value is -3.24. The number of aromatic amines is 1. The van der Waals surface area contributed by atoms with Crippen molar-refractivity contribution in [1.82, 2.24) is 9.88 Å². The maximum Gasteiger partial charge on any atom is 0.321 e. The number of anilines is 1. The molecule has 31 heavy (non-hydrogen) atoms. The van der Waals surface area contributed by atoms with E-state index in [1.807, 2.05) is 59.5 Å². The maximum absolute atomic E-state index is 12.9. The van der Waals surface area contributed by atoms with Gasteiger partial charge >= 0.3 is 6.03 Å². The minimum Gasteiger partial charge on any atom is -0.361 e. The molecule has 0 aliphatic carbocycles. The highest BCUT2D eigenvalue weighted by atomic mass is 35.5. The number of benzene rings is 3. The lowest BCUT2D eigenvalue weighted by Crippen LogP contribution is -2.40. The minimum absolute atomic E-state index is 0.0931. The fourth-order valence-corrected chi connectivity index (χ4v) is 4.62. The van der Waals surface area contributed by atoms with Crippen LogP contribution in [0.3, 0.4) is 0 Å². The zero-order valence-corrected chi connectivity index (χ0v) is 17.9. The van der Waals surface area contributed by atoms with E-state index in [0.717, 1.165) is 37.1 Å². The first-order valence-electron chi connectivity index (χ1n) is 10.7. The molecule has 0 spiro atoms. The standard InChI is InChI=1S/C26H24ClN3O/c27-23-11-10-20(18-6-2-1-3-7-18)16-25(23)29-26(31)30-14-12-19(13-15-30)22-17-28-24-9-5-4-8-21(22)24/h1-11,16-17,19,28H,12-15H2,(H,29,31). The molecule has 0 atom stereocenters. The summed E-state index contributed by atoms with van der Waals surface area (Å²) < 4.78 is 0. The first-order valence-corrected chi connectivity index (χ1v) is 11.0. The fourth-order valence-electron chi connectivity index (χ4n) is 4.45. The van der Waals surface area contributed by atoms with Gasteiger partial charge in [0.25, 0.3) is 0 Å². The van der Waals surface area contributed by atoms with E-state index in [0.29, 0.717) is 16.6 Å². The maximum atomic E-state index is 12.9. The monoisotopic (exact) mass is 429 g/mol. The van der Waals surface area contributed by atoms with Gasteiger partial charge in [-0.1, -0.05) is 66.2 Å². The van der Waals surface area contributed by atoms with Crippen LogP contribution < -0.4 is 5.32 Å². The lowest BCUT2D eigenvalue weighted by atomic mass is 9.89. The molecule has 1 fully saturated rings. The van der Waals surface area contributed by atoms with E-state index in [-0.39, 0.29) is 6.03 Å². The van der Waals surface area contributed by atoms with Gasteiger partial charge in [-0.25, -0.2) is 4.79 Å². The van der Waals surface area contributed by atoms with Crippen LogP contribution in [0, 0.1) is 0 Å². The van der Waals surface area contributed by atoms with Gasteiger partial charge in [0.05, 0.1) is 10.7 Å². The molecule has 2 N–H and O–H groups in total. The van der Waals surface area contributed by atoms with Crippen molar-refractivity contribution in [1.29, 1.82) is 0 Å². The van der Waals surface area contributed by atoms with Crippen LogP contribution in [0.15, 0.2) is 79.0 Å². The number of nitrogens with zero attached hydrogens (tertiary/aromatic N) is 1. The number of halogens is 1. The normalized spacial score (nSPS) is 14.7. The number of urea groups is 1. The molecule has 5 rings (SSSR count). The van der Waals surface area contributed by atoms with Gasteiger partial charge in [0, 0.05) is 30.2 Å². The number of hydrogen-bond donors (Lipinski definition) is 2. The third-order valence-electron chi connectivity index (χ3n) is 6.16. The predicted molar refractivity (Wildman–Crippen MR) is 128 cm³/mol. The summed E-state index contributed by atoms with van der Waals surface area (Å²) in [5.74, 6) is 0.463. The molecule has 0 radical (unpaired) electrons. The van der Waals surface area contributed by atoms with Gasteiger partial charge in [-0.15, -0.1) is 0 Å². The third-order valence-corrected chi connectivity index (χ3v) is 6.49. The number of hydrogen-bond acceptors (Lipinski definition) is 1. The summed E-state index contributed by atoms with van der Waals surface area (Å²) in [7, 11) is 0. The first-order chi connectivity index (χ1) is 15.2. The van der Waals surface area contributed by atoms with Crippen molar-refractivity contribution in [2.24, 2.45) is 0 Å². The lowest BCUT2D eigenvalue weighted by molar-refractivity contribution is 0.195. The Morgan fingerprint density at radius 1 is 0.935 bits per heavy atom. The van der Waals surface area contributed by atoms with Crippen molar-refractivity contribution in [3.63, 3.8) is 0 Å². The minimum atomic E-state index is -0.0931. The van der Waals surface area contributed by atoms with Crippen molar-refractivity contribution < 1.29 is 4.79 Å². The second kappa shape index (κ2) is 8.48. The highest BCUT2D eigenvalue weighted by Gasteiger charge is 2.25. The van der Waals surface area contributed by atoms with Gasteiger partial charge in [-0.05, 0) is 53.6 Å². The van der Waals surface area contributed by atoms with Gasteiger partial charge in [-0.2, -0.15) is 0 Å². The number of rotatable bonds is 3. The molecule has 5 heteroatoms. The fraction of sp³-hybridized carbons (Fsp3) is 0.192. The highest BCUT2D eigenvalue weighted by molar-refractivity contribution is 6.33. The third kappa shape index (κ3) is 4.04. The van der Waals surface area contributed by atoms with E-state index in [1.165, 1.54) is 16.5 Å². The summed E-state index contributed by atoms with van der Waals surface area (Å²) in [6.45, 7) is 1.46. The van der Waals surface area contributed by atoms with Crippen LogP contribution in [0.4, 0.5) is 10.5 Å². The summed E-state index contributed by atoms with van der Waals surface area (Å²) in [6, 6.07) is 24.1. The summed E-state index contributed by atoms with van der Waals surface area (Å²) in [5.41, 5.74) is 5.29. The van der Waals surface area contributed by atoms with Gasteiger partial charge < -0.3 is 15.2 Å². The number of carbonyl (C=O) groups excluding carboxylic acids is 1. The number of para-hydroxylation sites is 1. The number of aromatic nitrogens is 1. The van der Waals surface area contributed by atoms with Crippen LogP contribution in [0.1, 0.15) is 24.3 Å². The van der Waals surface area contributed by atoms with Crippen LogP contribution in [0.25, 0.3) is 22.0 Å². The van der Waals surface area contributed by atoms with Gasteiger partial charge in [0.15, 0.2) is 0 Å².